The zero-order chi connectivity index (χ0) is 18.9. The van der Waals surface area contributed by atoms with Gasteiger partial charge in [-0.3, -0.25) is 14.5 Å². The van der Waals surface area contributed by atoms with Crippen molar-refractivity contribution in [2.24, 2.45) is 5.73 Å². The Labute approximate surface area is 172 Å². The van der Waals surface area contributed by atoms with Gasteiger partial charge in [0, 0.05) is 51.6 Å². The van der Waals surface area contributed by atoms with Crippen LogP contribution in [0.2, 0.25) is 0 Å². The third kappa shape index (κ3) is 4.03. The van der Waals surface area contributed by atoms with Gasteiger partial charge < -0.3 is 20.3 Å². The van der Waals surface area contributed by atoms with Crippen molar-refractivity contribution >= 4 is 29.9 Å². The van der Waals surface area contributed by atoms with E-state index >= 15 is 0 Å². The van der Waals surface area contributed by atoms with Gasteiger partial charge in [0.15, 0.2) is 0 Å². The number of anilines is 1. The molecule has 0 aliphatic carbocycles. The lowest BCUT2D eigenvalue weighted by Gasteiger charge is -2.42. The third-order valence-electron chi connectivity index (χ3n) is 6.10. The van der Waals surface area contributed by atoms with Gasteiger partial charge in [-0.1, -0.05) is 18.2 Å². The Kier molecular flexibility index (Phi) is 6.60. The minimum atomic E-state index is -0.784. The number of ether oxygens (including phenoxy) is 1. The Hall–Kier alpha value is -1.67. The SMILES string of the molecule is Cl.NC1(C(=O)N2CCN(C3CCN(c4ccccc4)C3=O)CC2)CCOCC1. The van der Waals surface area contributed by atoms with Crippen molar-refractivity contribution in [2.75, 3.05) is 50.8 Å². The summed E-state index contributed by atoms with van der Waals surface area (Å²) in [5.41, 5.74) is 6.53. The summed E-state index contributed by atoms with van der Waals surface area (Å²) in [6, 6.07) is 9.74. The predicted molar refractivity (Wildman–Crippen MR) is 110 cm³/mol. The number of halogens is 1. The molecule has 1 aromatic carbocycles. The molecule has 3 aliphatic rings. The molecule has 1 aromatic rings. The number of para-hydroxylation sites is 1. The van der Waals surface area contributed by atoms with E-state index < -0.39 is 5.54 Å². The number of hydrogen-bond acceptors (Lipinski definition) is 5. The maximum atomic E-state index is 12.9. The first-order chi connectivity index (χ1) is 13.1. The van der Waals surface area contributed by atoms with E-state index in [0.717, 1.165) is 31.7 Å². The van der Waals surface area contributed by atoms with Crippen molar-refractivity contribution in [3.63, 3.8) is 0 Å². The Morgan fingerprint density at radius 3 is 2.32 bits per heavy atom. The molecule has 3 aliphatic heterocycles. The highest BCUT2D eigenvalue weighted by molar-refractivity contribution is 5.99. The number of rotatable bonds is 3. The van der Waals surface area contributed by atoms with Crippen LogP contribution >= 0.6 is 12.4 Å². The van der Waals surface area contributed by atoms with Crippen molar-refractivity contribution < 1.29 is 14.3 Å². The molecule has 2 N–H and O–H groups in total. The Morgan fingerprint density at radius 1 is 1.04 bits per heavy atom. The molecular formula is C20H29ClN4O3. The minimum absolute atomic E-state index is 0. The third-order valence-corrected chi connectivity index (χ3v) is 6.10. The first-order valence-corrected chi connectivity index (χ1v) is 9.85. The first kappa shape index (κ1) is 21.0. The number of nitrogens with two attached hydrogens (primary N) is 1. The van der Waals surface area contributed by atoms with Gasteiger partial charge in [0.1, 0.15) is 0 Å². The molecule has 28 heavy (non-hydrogen) atoms. The zero-order valence-electron chi connectivity index (χ0n) is 16.1. The van der Waals surface area contributed by atoms with E-state index in [9.17, 15) is 9.59 Å². The highest BCUT2D eigenvalue weighted by Crippen LogP contribution is 2.26. The lowest BCUT2D eigenvalue weighted by molar-refractivity contribution is -0.142. The number of carbonyl (C=O) groups is 2. The molecule has 3 saturated heterocycles. The van der Waals surface area contributed by atoms with Crippen LogP contribution in [0, 0.1) is 0 Å². The van der Waals surface area contributed by atoms with E-state index in [1.54, 1.807) is 0 Å². The lowest BCUT2D eigenvalue weighted by atomic mass is 9.89. The monoisotopic (exact) mass is 408 g/mol. The average Bonchev–Trinajstić information content (AvgIpc) is 3.10. The Bertz CT molecular complexity index is 688. The summed E-state index contributed by atoms with van der Waals surface area (Å²) in [7, 11) is 0. The number of benzene rings is 1. The molecule has 2 amide bonds. The van der Waals surface area contributed by atoms with E-state index in [-0.39, 0.29) is 30.3 Å². The van der Waals surface area contributed by atoms with Gasteiger partial charge in [-0.25, -0.2) is 0 Å². The molecule has 3 heterocycles. The summed E-state index contributed by atoms with van der Waals surface area (Å²) in [5, 5.41) is 0. The van der Waals surface area contributed by atoms with Gasteiger partial charge in [-0.15, -0.1) is 12.4 Å². The number of carbonyl (C=O) groups excluding carboxylic acids is 2. The van der Waals surface area contributed by atoms with Crippen LogP contribution in [-0.4, -0.2) is 79.1 Å². The molecule has 4 rings (SSSR count). The van der Waals surface area contributed by atoms with Crippen LogP contribution in [-0.2, 0) is 14.3 Å². The molecule has 7 nitrogen and oxygen atoms in total. The summed E-state index contributed by atoms with van der Waals surface area (Å²) in [5.74, 6) is 0.204. The van der Waals surface area contributed by atoms with Crippen molar-refractivity contribution in [1.29, 1.82) is 0 Å². The summed E-state index contributed by atoms with van der Waals surface area (Å²) < 4.78 is 5.34. The summed E-state index contributed by atoms with van der Waals surface area (Å²) in [6.07, 6.45) is 2.00. The number of amides is 2. The molecule has 3 fully saturated rings. The Balaban J connectivity index is 0.00000225. The molecule has 154 valence electrons. The van der Waals surface area contributed by atoms with Crippen LogP contribution in [0.25, 0.3) is 0 Å². The molecule has 0 aromatic heterocycles. The van der Waals surface area contributed by atoms with Gasteiger partial charge in [0.2, 0.25) is 11.8 Å². The van der Waals surface area contributed by atoms with Crippen molar-refractivity contribution in [2.45, 2.75) is 30.8 Å². The van der Waals surface area contributed by atoms with Gasteiger partial charge >= 0.3 is 0 Å². The zero-order valence-corrected chi connectivity index (χ0v) is 16.9. The normalized spacial score (nSPS) is 25.5. The predicted octanol–water partition coefficient (Wildman–Crippen LogP) is 0.866. The molecular weight excluding hydrogens is 380 g/mol. The van der Waals surface area contributed by atoms with Crippen molar-refractivity contribution in [3.8, 4) is 0 Å². The smallest absolute Gasteiger partial charge is 0.244 e. The fourth-order valence-electron chi connectivity index (χ4n) is 4.37. The molecule has 1 atom stereocenters. The van der Waals surface area contributed by atoms with Crippen LogP contribution in [0.5, 0.6) is 0 Å². The van der Waals surface area contributed by atoms with Crippen molar-refractivity contribution in [1.82, 2.24) is 9.80 Å². The number of piperazine rings is 1. The lowest BCUT2D eigenvalue weighted by Crippen LogP contribution is -2.62. The van der Waals surface area contributed by atoms with E-state index in [0.29, 0.717) is 39.1 Å². The molecule has 0 saturated carbocycles. The fourth-order valence-corrected chi connectivity index (χ4v) is 4.37. The highest BCUT2D eigenvalue weighted by Gasteiger charge is 2.42. The maximum Gasteiger partial charge on any atom is 0.244 e. The number of hydrogen-bond donors (Lipinski definition) is 1. The molecule has 8 heteroatoms. The Morgan fingerprint density at radius 2 is 1.68 bits per heavy atom. The second-order valence-corrected chi connectivity index (χ2v) is 7.73. The second-order valence-electron chi connectivity index (χ2n) is 7.73. The topological polar surface area (TPSA) is 79.1 Å². The summed E-state index contributed by atoms with van der Waals surface area (Å²) in [6.45, 7) is 4.55. The fraction of sp³-hybridized carbons (Fsp3) is 0.600. The minimum Gasteiger partial charge on any atom is -0.381 e. The van der Waals surface area contributed by atoms with Crippen LogP contribution in [0.4, 0.5) is 5.69 Å². The number of nitrogens with zero attached hydrogens (tertiary/aromatic N) is 3. The molecule has 1 unspecified atom stereocenters. The van der Waals surface area contributed by atoms with Crippen LogP contribution in [0.1, 0.15) is 19.3 Å². The van der Waals surface area contributed by atoms with Crippen LogP contribution in [0.15, 0.2) is 30.3 Å². The summed E-state index contributed by atoms with van der Waals surface area (Å²) in [4.78, 5) is 31.7. The van der Waals surface area contributed by atoms with Crippen LogP contribution in [0.3, 0.4) is 0 Å². The van der Waals surface area contributed by atoms with Gasteiger partial charge in [-0.05, 0) is 31.4 Å². The largest absolute Gasteiger partial charge is 0.381 e. The van der Waals surface area contributed by atoms with Gasteiger partial charge in [-0.2, -0.15) is 0 Å². The van der Waals surface area contributed by atoms with Gasteiger partial charge in [0.25, 0.3) is 0 Å². The molecule has 0 bridgehead atoms. The van der Waals surface area contributed by atoms with E-state index in [2.05, 4.69) is 4.90 Å². The standard InChI is InChI=1S/C20H28N4O3.ClH/c21-20(7-14-27-15-8-20)19(26)23-12-10-22(11-13-23)17-6-9-24(18(17)25)16-4-2-1-3-5-16;/h1-5,17H,6-15,21H2;1H. The second kappa shape index (κ2) is 8.78. The molecule has 0 radical (unpaired) electrons. The highest BCUT2D eigenvalue weighted by atomic mass is 35.5. The summed E-state index contributed by atoms with van der Waals surface area (Å²) >= 11 is 0. The van der Waals surface area contributed by atoms with Crippen LogP contribution < -0.4 is 10.6 Å². The first-order valence-electron chi connectivity index (χ1n) is 9.85. The average molecular weight is 409 g/mol. The van der Waals surface area contributed by atoms with E-state index in [1.807, 2.05) is 40.1 Å². The van der Waals surface area contributed by atoms with E-state index in [4.69, 9.17) is 10.5 Å². The van der Waals surface area contributed by atoms with Gasteiger partial charge in [0.05, 0.1) is 11.6 Å². The maximum absolute atomic E-state index is 12.9. The molecule has 0 spiro atoms. The van der Waals surface area contributed by atoms with Crippen molar-refractivity contribution in [3.05, 3.63) is 30.3 Å². The quantitative estimate of drug-likeness (QED) is 0.802. The van der Waals surface area contributed by atoms with E-state index in [1.165, 1.54) is 0 Å².